The molecule has 0 aromatic carbocycles. The third-order valence-electron chi connectivity index (χ3n) is 2.83. The molecule has 0 aliphatic heterocycles. The zero-order valence-electron chi connectivity index (χ0n) is 11.1. The lowest BCUT2D eigenvalue weighted by atomic mass is 10.1. The molecule has 0 spiro atoms. The molecule has 1 heteroatoms. The topological polar surface area (TPSA) is 9.23 Å². The van der Waals surface area contributed by atoms with Crippen molar-refractivity contribution in [1.29, 1.82) is 0 Å². The Balaban J connectivity index is 3.47. The molecule has 0 aliphatic rings. The van der Waals surface area contributed by atoms with Gasteiger partial charge in [-0.2, -0.15) is 0 Å². The van der Waals surface area contributed by atoms with Crippen molar-refractivity contribution in [3.63, 3.8) is 0 Å². The predicted molar refractivity (Wildman–Crippen MR) is 72.7 cm³/mol. The maximum atomic E-state index is 5.46. The van der Waals surface area contributed by atoms with Gasteiger partial charge in [-0.3, -0.25) is 0 Å². The van der Waals surface area contributed by atoms with E-state index in [1.165, 1.54) is 38.5 Å². The Morgan fingerprint density at radius 2 is 1.88 bits per heavy atom. The van der Waals surface area contributed by atoms with Crippen LogP contribution in [-0.4, -0.2) is 13.2 Å². The summed E-state index contributed by atoms with van der Waals surface area (Å²) in [7, 11) is 1.82. The summed E-state index contributed by atoms with van der Waals surface area (Å²) >= 11 is 0. The zero-order valence-corrected chi connectivity index (χ0v) is 11.1. The minimum Gasteiger partial charge on any atom is -0.381 e. The van der Waals surface area contributed by atoms with Gasteiger partial charge in [0.2, 0.25) is 0 Å². The lowest BCUT2D eigenvalue weighted by Gasteiger charge is -2.12. The summed E-state index contributed by atoms with van der Waals surface area (Å²) in [5.41, 5.74) is 0. The summed E-state index contributed by atoms with van der Waals surface area (Å²) in [6.45, 7) is 5.95. The fourth-order valence-electron chi connectivity index (χ4n) is 1.75. The first-order valence-corrected chi connectivity index (χ1v) is 6.63. The molecule has 0 radical (unpaired) electrons. The molecule has 0 aromatic rings. The number of rotatable bonds is 11. The number of unbranched alkanes of at least 4 members (excludes halogenated alkanes) is 4. The maximum Gasteiger partial charge on any atom is 0.0605 e. The lowest BCUT2D eigenvalue weighted by molar-refractivity contribution is 0.0952. The van der Waals surface area contributed by atoms with E-state index >= 15 is 0 Å². The Morgan fingerprint density at radius 3 is 2.50 bits per heavy atom. The summed E-state index contributed by atoms with van der Waals surface area (Å²) in [5, 5.41) is 0. The number of ether oxygens (including phenoxy) is 1. The number of hydrogen-bond donors (Lipinski definition) is 0. The summed E-state index contributed by atoms with van der Waals surface area (Å²) in [6.07, 6.45) is 16.6. The van der Waals surface area contributed by atoms with Gasteiger partial charge >= 0.3 is 0 Å². The summed E-state index contributed by atoms with van der Waals surface area (Å²) in [5.74, 6) is 0. The number of hydrogen-bond acceptors (Lipinski definition) is 1. The molecular weight excluding hydrogens is 196 g/mol. The van der Waals surface area contributed by atoms with E-state index in [1.807, 2.05) is 13.2 Å². The highest BCUT2D eigenvalue weighted by molar-refractivity contribution is 4.89. The fraction of sp³-hybridized carbons (Fsp3) is 0.733. The van der Waals surface area contributed by atoms with Gasteiger partial charge < -0.3 is 4.74 Å². The number of allylic oxidation sites excluding steroid dienone is 2. The van der Waals surface area contributed by atoms with Crippen LogP contribution in [0, 0.1) is 0 Å². The van der Waals surface area contributed by atoms with Crippen LogP contribution in [0.3, 0.4) is 0 Å². The van der Waals surface area contributed by atoms with Crippen molar-refractivity contribution in [2.75, 3.05) is 7.11 Å². The first kappa shape index (κ1) is 15.4. The second kappa shape index (κ2) is 12.5. The molecule has 1 nitrogen and oxygen atoms in total. The van der Waals surface area contributed by atoms with Crippen molar-refractivity contribution in [2.24, 2.45) is 0 Å². The van der Waals surface area contributed by atoms with Crippen molar-refractivity contribution in [2.45, 2.75) is 64.4 Å². The molecule has 0 heterocycles. The Bertz CT molecular complexity index is 172. The van der Waals surface area contributed by atoms with Gasteiger partial charge in [0.15, 0.2) is 0 Å². The van der Waals surface area contributed by atoms with Gasteiger partial charge in [0, 0.05) is 7.11 Å². The largest absolute Gasteiger partial charge is 0.381 e. The van der Waals surface area contributed by atoms with Crippen LogP contribution in [0.25, 0.3) is 0 Å². The van der Waals surface area contributed by atoms with Gasteiger partial charge in [-0.25, -0.2) is 0 Å². The van der Waals surface area contributed by atoms with Gasteiger partial charge in [-0.05, 0) is 19.3 Å². The van der Waals surface area contributed by atoms with Crippen LogP contribution in [-0.2, 0) is 4.74 Å². The van der Waals surface area contributed by atoms with Crippen LogP contribution in [0.4, 0.5) is 0 Å². The van der Waals surface area contributed by atoms with Crippen LogP contribution in [0.5, 0.6) is 0 Å². The van der Waals surface area contributed by atoms with Crippen LogP contribution in [0.1, 0.15) is 58.3 Å². The lowest BCUT2D eigenvalue weighted by Crippen LogP contribution is -2.08. The van der Waals surface area contributed by atoms with Gasteiger partial charge in [-0.15, -0.1) is 6.58 Å². The molecule has 0 bridgehead atoms. The third-order valence-corrected chi connectivity index (χ3v) is 2.83. The Hall–Kier alpha value is -0.560. The van der Waals surface area contributed by atoms with E-state index in [-0.39, 0.29) is 0 Å². The predicted octanol–water partition coefficient (Wildman–Crippen LogP) is 4.88. The third kappa shape index (κ3) is 9.97. The molecule has 0 amide bonds. The first-order chi connectivity index (χ1) is 7.85. The summed E-state index contributed by atoms with van der Waals surface area (Å²) < 4.78 is 5.46. The molecule has 1 atom stereocenters. The minimum atomic E-state index is 0.405. The average molecular weight is 224 g/mol. The minimum absolute atomic E-state index is 0.405. The van der Waals surface area contributed by atoms with Crippen LogP contribution < -0.4 is 0 Å². The Labute approximate surface area is 102 Å². The van der Waals surface area contributed by atoms with Crippen LogP contribution in [0.15, 0.2) is 24.8 Å². The van der Waals surface area contributed by atoms with E-state index in [0.29, 0.717) is 6.10 Å². The SMILES string of the molecule is C=CCC=CCC(CCCCCCC)OC. The molecular formula is C15H28O. The smallest absolute Gasteiger partial charge is 0.0605 e. The highest BCUT2D eigenvalue weighted by Gasteiger charge is 2.03. The van der Waals surface area contributed by atoms with Crippen molar-refractivity contribution in [3.05, 3.63) is 24.8 Å². The Kier molecular flexibility index (Phi) is 12.1. The van der Waals surface area contributed by atoms with Crippen molar-refractivity contribution >= 4 is 0 Å². The molecule has 94 valence electrons. The highest BCUT2D eigenvalue weighted by atomic mass is 16.5. The fourth-order valence-corrected chi connectivity index (χ4v) is 1.75. The summed E-state index contributed by atoms with van der Waals surface area (Å²) in [4.78, 5) is 0. The van der Waals surface area contributed by atoms with Crippen molar-refractivity contribution in [1.82, 2.24) is 0 Å². The molecule has 16 heavy (non-hydrogen) atoms. The van der Waals surface area contributed by atoms with E-state index < -0.39 is 0 Å². The average Bonchev–Trinajstić information content (AvgIpc) is 2.31. The van der Waals surface area contributed by atoms with E-state index in [0.717, 1.165) is 12.8 Å². The van der Waals surface area contributed by atoms with Gasteiger partial charge in [0.1, 0.15) is 0 Å². The van der Waals surface area contributed by atoms with E-state index in [2.05, 4.69) is 25.7 Å². The van der Waals surface area contributed by atoms with E-state index in [1.54, 1.807) is 0 Å². The Morgan fingerprint density at radius 1 is 1.12 bits per heavy atom. The van der Waals surface area contributed by atoms with E-state index in [4.69, 9.17) is 4.74 Å². The molecule has 0 rings (SSSR count). The van der Waals surface area contributed by atoms with Gasteiger partial charge in [-0.1, -0.05) is 57.3 Å². The second-order valence-corrected chi connectivity index (χ2v) is 4.29. The van der Waals surface area contributed by atoms with Crippen molar-refractivity contribution in [3.8, 4) is 0 Å². The van der Waals surface area contributed by atoms with Gasteiger partial charge in [0.25, 0.3) is 0 Å². The molecule has 0 aliphatic carbocycles. The molecule has 0 N–H and O–H groups in total. The maximum absolute atomic E-state index is 5.46. The zero-order chi connectivity index (χ0) is 12.1. The van der Waals surface area contributed by atoms with E-state index in [9.17, 15) is 0 Å². The van der Waals surface area contributed by atoms with Crippen LogP contribution in [0.2, 0.25) is 0 Å². The molecule has 1 unspecified atom stereocenters. The van der Waals surface area contributed by atoms with Gasteiger partial charge in [0.05, 0.1) is 6.10 Å². The normalized spacial score (nSPS) is 13.1. The second-order valence-electron chi connectivity index (χ2n) is 4.29. The quantitative estimate of drug-likeness (QED) is 0.359. The summed E-state index contributed by atoms with van der Waals surface area (Å²) in [6, 6.07) is 0. The monoisotopic (exact) mass is 224 g/mol. The first-order valence-electron chi connectivity index (χ1n) is 6.63. The van der Waals surface area contributed by atoms with Crippen LogP contribution >= 0.6 is 0 Å². The number of methoxy groups -OCH3 is 1. The molecule has 0 saturated heterocycles. The van der Waals surface area contributed by atoms with Crippen molar-refractivity contribution < 1.29 is 4.74 Å². The molecule has 0 aromatic heterocycles. The highest BCUT2D eigenvalue weighted by Crippen LogP contribution is 2.12. The molecule has 0 fully saturated rings. The standard InChI is InChI=1S/C15H28O/c1-4-6-8-10-12-14-15(16-3)13-11-9-7-5-2/h5,9,11,15H,2,4,6-8,10,12-14H2,1,3H3. The molecule has 0 saturated carbocycles.